The van der Waals surface area contributed by atoms with Gasteiger partial charge in [0.1, 0.15) is 10.5 Å². The van der Waals surface area contributed by atoms with Crippen molar-refractivity contribution in [3.63, 3.8) is 0 Å². The third-order valence-electron chi connectivity index (χ3n) is 18.8. The number of thiazole rings is 1. The van der Waals surface area contributed by atoms with Gasteiger partial charge in [0.05, 0.1) is 32.3 Å². The fourth-order valence-corrected chi connectivity index (χ4v) is 15.6. The Morgan fingerprint density at radius 1 is 0.272 bits per heavy atom. The number of aromatic nitrogens is 4. The highest BCUT2D eigenvalue weighted by molar-refractivity contribution is 7.21. The lowest BCUT2D eigenvalue weighted by atomic mass is 9.93. The monoisotopic (exact) mass is 1190 g/mol. The van der Waals surface area contributed by atoms with Crippen molar-refractivity contribution in [2.24, 2.45) is 0 Å². The Kier molecular flexibility index (Phi) is 11.8. The lowest BCUT2D eigenvalue weighted by Gasteiger charge is -2.14. The van der Waals surface area contributed by atoms with E-state index in [1.807, 2.05) is 30.3 Å². The number of para-hydroxylation sites is 5. The topological polar surface area (TPSA) is 48.8 Å². The highest BCUT2D eigenvalue weighted by Gasteiger charge is 2.24. The van der Waals surface area contributed by atoms with E-state index < -0.39 is 0 Å². The van der Waals surface area contributed by atoms with Crippen LogP contribution in [0.15, 0.2) is 320 Å². The fraction of sp³-hybridized carbons (Fsp3) is 0. The second kappa shape index (κ2) is 20.8. The van der Waals surface area contributed by atoms with Crippen LogP contribution in [-0.2, 0) is 0 Å². The van der Waals surface area contributed by atoms with Gasteiger partial charge in [-0.05, 0) is 161 Å². The Morgan fingerprint density at radius 2 is 0.674 bits per heavy atom. The summed E-state index contributed by atoms with van der Waals surface area (Å²) >= 11 is 1.74. The van der Waals surface area contributed by atoms with E-state index in [4.69, 9.17) is 14.4 Å². The average molecular weight is 1190 g/mol. The second-order valence-corrected chi connectivity index (χ2v) is 24.9. The van der Waals surface area contributed by atoms with Crippen LogP contribution in [0.25, 0.3) is 185 Å². The first kappa shape index (κ1) is 52.0. The summed E-state index contributed by atoms with van der Waals surface area (Å²) in [6.45, 7) is 0. The number of fused-ring (bicyclic) bond motifs is 22. The van der Waals surface area contributed by atoms with E-state index in [9.17, 15) is 0 Å². The number of benzene rings is 16. The third kappa shape index (κ3) is 8.17. The summed E-state index contributed by atoms with van der Waals surface area (Å²) in [7, 11) is 0. The zero-order chi connectivity index (χ0) is 60.4. The van der Waals surface area contributed by atoms with E-state index in [1.54, 1.807) is 11.3 Å². The first-order valence-electron chi connectivity index (χ1n) is 31.3. The number of oxazole rings is 1. The molecular formula is C86H52N4OS. The van der Waals surface area contributed by atoms with E-state index >= 15 is 0 Å². The van der Waals surface area contributed by atoms with Gasteiger partial charge >= 0.3 is 0 Å². The summed E-state index contributed by atoms with van der Waals surface area (Å²) in [6.07, 6.45) is 0. The number of rotatable bonds is 6. The molecular weight excluding hydrogens is 1140 g/mol. The molecule has 0 saturated carbocycles. The maximum absolute atomic E-state index is 6.04. The molecule has 92 heavy (non-hydrogen) atoms. The smallest absolute Gasteiger partial charge is 0.227 e. The molecule has 6 heteroatoms. The van der Waals surface area contributed by atoms with Gasteiger partial charge in [-0.25, -0.2) is 9.97 Å². The summed E-state index contributed by atoms with van der Waals surface area (Å²) in [5.41, 5.74) is 16.8. The second-order valence-electron chi connectivity index (χ2n) is 23.9. The van der Waals surface area contributed by atoms with E-state index in [0.717, 1.165) is 44.0 Å². The predicted octanol–water partition coefficient (Wildman–Crippen LogP) is 23.9. The van der Waals surface area contributed by atoms with Crippen molar-refractivity contribution in [2.75, 3.05) is 0 Å². The van der Waals surface area contributed by atoms with E-state index in [1.165, 1.54) is 135 Å². The van der Waals surface area contributed by atoms with Crippen LogP contribution < -0.4 is 0 Å². The molecule has 0 spiro atoms. The quantitative estimate of drug-likeness (QED) is 0.156. The van der Waals surface area contributed by atoms with E-state index in [2.05, 4.69) is 294 Å². The molecule has 0 aliphatic heterocycles. The molecule has 16 aromatic carbocycles. The van der Waals surface area contributed by atoms with Gasteiger partial charge < -0.3 is 13.6 Å². The van der Waals surface area contributed by atoms with E-state index in [0.29, 0.717) is 5.89 Å². The Labute approximate surface area is 532 Å². The van der Waals surface area contributed by atoms with Gasteiger partial charge in [-0.15, -0.1) is 11.3 Å². The molecule has 0 aliphatic carbocycles. The van der Waals surface area contributed by atoms with Crippen molar-refractivity contribution in [1.82, 2.24) is 19.1 Å². The van der Waals surface area contributed by atoms with Gasteiger partial charge in [0.25, 0.3) is 0 Å². The summed E-state index contributed by atoms with van der Waals surface area (Å²) in [5.74, 6) is 0.639. The Bertz CT molecular complexity index is 5900. The van der Waals surface area contributed by atoms with Crippen LogP contribution >= 0.6 is 11.3 Å². The van der Waals surface area contributed by atoms with Crippen molar-refractivity contribution in [3.05, 3.63) is 315 Å². The standard InChI is InChI=1S/C43H26N2O.C43H26N2S/c2*1-2-11-31(12-3-1)45-38-25-23-30(27-18-20-29(21-19-27)43-44-37-16-8-9-17-39(37)46-43)26-36(38)41-34-15-7-6-14-33(34)35-24-22-28-10-4-5-13-32(28)40(35)42(41)45/h2*1-26H. The number of hydrogen-bond acceptors (Lipinski definition) is 4. The van der Waals surface area contributed by atoms with Crippen LogP contribution in [0.5, 0.6) is 0 Å². The highest BCUT2D eigenvalue weighted by Crippen LogP contribution is 2.48. The van der Waals surface area contributed by atoms with E-state index in [-0.39, 0.29) is 0 Å². The Balaban J connectivity index is 0.000000132. The fourth-order valence-electron chi connectivity index (χ4n) is 14.6. The van der Waals surface area contributed by atoms with Crippen LogP contribution in [0.3, 0.4) is 0 Å². The average Bonchev–Trinajstić information content (AvgIpc) is 1.51. The minimum absolute atomic E-state index is 0.639. The minimum atomic E-state index is 0.639. The molecule has 20 rings (SSSR count). The lowest BCUT2D eigenvalue weighted by molar-refractivity contribution is 0.620. The van der Waals surface area contributed by atoms with Gasteiger partial charge in [-0.3, -0.25) is 0 Å². The molecule has 0 saturated heterocycles. The summed E-state index contributed by atoms with van der Waals surface area (Å²) in [5, 5.41) is 21.4. The predicted molar refractivity (Wildman–Crippen MR) is 389 cm³/mol. The summed E-state index contributed by atoms with van der Waals surface area (Å²) in [4.78, 5) is 9.58. The van der Waals surface area contributed by atoms with Gasteiger partial charge in [0, 0.05) is 54.8 Å². The molecule has 0 amide bonds. The zero-order valence-electron chi connectivity index (χ0n) is 49.6. The maximum atomic E-state index is 6.04. The molecule has 0 fully saturated rings. The third-order valence-corrected chi connectivity index (χ3v) is 19.9. The largest absolute Gasteiger partial charge is 0.436 e. The SMILES string of the molecule is c1ccc(-n2c3ccc(-c4ccc(-c5nc6ccccc6o5)cc4)cc3c3c4ccccc4c4ccc5ccccc5c4c32)cc1.c1ccc(-n2c3ccc(-c4ccc(-c5nc6ccccc6s5)cc4)cc3c3c4ccccc4c4ccc5ccccc5c4c32)cc1. The molecule has 20 aromatic rings. The first-order valence-corrected chi connectivity index (χ1v) is 32.1. The summed E-state index contributed by atoms with van der Waals surface area (Å²) < 4.78 is 12.2. The molecule has 0 N–H and O–H groups in total. The minimum Gasteiger partial charge on any atom is -0.436 e. The molecule has 0 atom stereocenters. The van der Waals surface area contributed by atoms with Gasteiger partial charge in [0.2, 0.25) is 5.89 Å². The Morgan fingerprint density at radius 3 is 1.20 bits per heavy atom. The summed E-state index contributed by atoms with van der Waals surface area (Å²) in [6, 6.07) is 114. The Hall–Kier alpha value is -12.0. The first-order chi connectivity index (χ1) is 45.6. The van der Waals surface area contributed by atoms with Crippen LogP contribution in [0.4, 0.5) is 0 Å². The molecule has 0 unspecified atom stereocenters. The van der Waals surface area contributed by atoms with Crippen molar-refractivity contribution < 1.29 is 4.42 Å². The maximum Gasteiger partial charge on any atom is 0.227 e. The van der Waals surface area contributed by atoms with Crippen LogP contribution in [0.2, 0.25) is 0 Å². The molecule has 5 nitrogen and oxygen atoms in total. The molecule has 4 heterocycles. The normalized spacial score (nSPS) is 11.9. The van der Waals surface area contributed by atoms with Gasteiger partial charge in [0.15, 0.2) is 5.58 Å². The van der Waals surface area contributed by atoms with Gasteiger partial charge in [-0.2, -0.15) is 0 Å². The molecule has 0 aliphatic rings. The van der Waals surface area contributed by atoms with Crippen LogP contribution in [0.1, 0.15) is 0 Å². The lowest BCUT2D eigenvalue weighted by Crippen LogP contribution is -1.95. The van der Waals surface area contributed by atoms with Crippen LogP contribution in [-0.4, -0.2) is 19.1 Å². The van der Waals surface area contributed by atoms with Crippen molar-refractivity contribution in [3.8, 4) is 55.7 Å². The zero-order valence-corrected chi connectivity index (χ0v) is 50.4. The highest BCUT2D eigenvalue weighted by atomic mass is 32.1. The molecule has 0 bridgehead atoms. The number of nitrogens with zero attached hydrogens (tertiary/aromatic N) is 4. The molecule has 0 radical (unpaired) electrons. The molecule has 4 aromatic heterocycles. The van der Waals surface area contributed by atoms with Crippen molar-refractivity contribution in [1.29, 1.82) is 0 Å². The van der Waals surface area contributed by atoms with Crippen LogP contribution in [0, 0.1) is 0 Å². The van der Waals surface area contributed by atoms with Gasteiger partial charge in [-0.1, -0.05) is 231 Å². The molecule has 428 valence electrons. The van der Waals surface area contributed by atoms with Crippen molar-refractivity contribution in [2.45, 2.75) is 0 Å². The van der Waals surface area contributed by atoms with Crippen molar-refractivity contribution >= 4 is 141 Å². The number of hydrogen-bond donors (Lipinski definition) is 0.